The lowest BCUT2D eigenvalue weighted by atomic mass is 9.97. The molecule has 4 rings (SSSR count). The summed E-state index contributed by atoms with van der Waals surface area (Å²) in [5.74, 6) is 1.09. The highest BCUT2D eigenvalue weighted by atomic mass is 16.3. The minimum Gasteiger partial charge on any atom is -0.389 e. The zero-order valence-electron chi connectivity index (χ0n) is 13.9. The molecule has 0 amide bonds. The Hall–Kier alpha value is -1.20. The van der Waals surface area contributed by atoms with Gasteiger partial charge in [0.15, 0.2) is 0 Å². The lowest BCUT2D eigenvalue weighted by Gasteiger charge is -2.41. The maximum atomic E-state index is 10.6. The first-order valence-electron chi connectivity index (χ1n) is 9.23. The number of aromatic nitrogens is 2. The summed E-state index contributed by atoms with van der Waals surface area (Å²) < 4.78 is 0. The van der Waals surface area contributed by atoms with Crippen LogP contribution in [0.15, 0.2) is 18.6 Å². The van der Waals surface area contributed by atoms with Gasteiger partial charge >= 0.3 is 0 Å². The number of rotatable bonds is 5. The van der Waals surface area contributed by atoms with Crippen LogP contribution in [0.3, 0.4) is 0 Å². The zero-order valence-corrected chi connectivity index (χ0v) is 13.9. The van der Waals surface area contributed by atoms with Gasteiger partial charge in [-0.15, -0.1) is 0 Å². The highest BCUT2D eigenvalue weighted by Crippen LogP contribution is 2.36. The number of hydrogen-bond donors (Lipinski definition) is 1. The van der Waals surface area contributed by atoms with Crippen LogP contribution in [0.2, 0.25) is 0 Å². The molecule has 5 nitrogen and oxygen atoms in total. The van der Waals surface area contributed by atoms with Crippen LogP contribution in [0.25, 0.3) is 0 Å². The summed E-state index contributed by atoms with van der Waals surface area (Å²) in [6, 6.07) is 3.32. The third-order valence-electron chi connectivity index (χ3n) is 5.77. The summed E-state index contributed by atoms with van der Waals surface area (Å²) >= 11 is 0. The molecule has 23 heavy (non-hydrogen) atoms. The van der Waals surface area contributed by atoms with Gasteiger partial charge in [-0.3, -0.25) is 0 Å². The van der Waals surface area contributed by atoms with Gasteiger partial charge in [-0.1, -0.05) is 12.8 Å². The molecule has 126 valence electrons. The first-order chi connectivity index (χ1) is 11.2. The van der Waals surface area contributed by atoms with Crippen molar-refractivity contribution in [1.82, 2.24) is 14.9 Å². The lowest BCUT2D eigenvalue weighted by molar-refractivity contribution is 0.00291. The summed E-state index contributed by atoms with van der Waals surface area (Å²) in [6.07, 6.45) is 12.8. The molecule has 3 fully saturated rings. The van der Waals surface area contributed by atoms with Crippen molar-refractivity contribution in [3.63, 3.8) is 0 Å². The Kier molecular flexibility index (Phi) is 4.24. The molecule has 0 bridgehead atoms. The fraction of sp³-hybridized carbons (Fsp3) is 0.778. The normalized spacial score (nSPS) is 25.6. The van der Waals surface area contributed by atoms with E-state index in [0.717, 1.165) is 38.3 Å². The van der Waals surface area contributed by atoms with Gasteiger partial charge in [0.25, 0.3) is 0 Å². The number of likely N-dealkylation sites (tertiary alicyclic amines) is 1. The van der Waals surface area contributed by atoms with Crippen molar-refractivity contribution in [1.29, 1.82) is 0 Å². The van der Waals surface area contributed by atoms with E-state index in [9.17, 15) is 5.11 Å². The molecule has 0 aromatic carbocycles. The molecule has 2 heterocycles. The maximum absolute atomic E-state index is 10.6. The highest BCUT2D eigenvalue weighted by molar-refractivity contribution is 5.41. The zero-order chi connectivity index (χ0) is 15.7. The Morgan fingerprint density at radius 1 is 1.13 bits per heavy atom. The maximum Gasteiger partial charge on any atom is 0.132 e. The van der Waals surface area contributed by atoms with Crippen molar-refractivity contribution in [2.24, 2.45) is 0 Å². The van der Waals surface area contributed by atoms with Crippen LogP contribution < -0.4 is 4.90 Å². The van der Waals surface area contributed by atoms with Gasteiger partial charge < -0.3 is 14.9 Å². The fourth-order valence-corrected chi connectivity index (χ4v) is 4.42. The Balaban J connectivity index is 1.36. The van der Waals surface area contributed by atoms with E-state index >= 15 is 0 Å². The Morgan fingerprint density at radius 3 is 2.43 bits per heavy atom. The lowest BCUT2D eigenvalue weighted by Crippen LogP contribution is -2.50. The van der Waals surface area contributed by atoms with Gasteiger partial charge in [-0.25, -0.2) is 9.97 Å². The summed E-state index contributed by atoms with van der Waals surface area (Å²) in [5, 5.41) is 10.6. The smallest absolute Gasteiger partial charge is 0.132 e. The van der Waals surface area contributed by atoms with Crippen molar-refractivity contribution in [2.75, 3.05) is 24.5 Å². The molecule has 1 aromatic rings. The minimum absolute atomic E-state index is 0.407. The molecule has 2 aliphatic carbocycles. The molecule has 1 aliphatic heterocycles. The van der Waals surface area contributed by atoms with Crippen LogP contribution in [0.1, 0.15) is 51.4 Å². The number of hydrogen-bond acceptors (Lipinski definition) is 5. The summed E-state index contributed by atoms with van der Waals surface area (Å²) in [4.78, 5) is 13.6. The molecule has 0 atom stereocenters. The largest absolute Gasteiger partial charge is 0.389 e. The molecule has 5 heteroatoms. The predicted octanol–water partition coefficient (Wildman–Crippen LogP) is 2.21. The summed E-state index contributed by atoms with van der Waals surface area (Å²) in [6.45, 7) is 3.07. The van der Waals surface area contributed by atoms with Crippen LogP contribution in [0.5, 0.6) is 0 Å². The Morgan fingerprint density at radius 2 is 1.83 bits per heavy atom. The van der Waals surface area contributed by atoms with E-state index in [1.165, 1.54) is 38.5 Å². The van der Waals surface area contributed by atoms with Crippen LogP contribution in [0, 0.1) is 0 Å². The van der Waals surface area contributed by atoms with Crippen molar-refractivity contribution in [3.05, 3.63) is 18.6 Å². The molecular weight excluding hydrogens is 288 g/mol. The number of anilines is 1. The third-order valence-corrected chi connectivity index (χ3v) is 5.77. The summed E-state index contributed by atoms with van der Waals surface area (Å²) in [5.41, 5.74) is -0.407. The Labute approximate surface area is 138 Å². The van der Waals surface area contributed by atoms with Crippen LogP contribution in [-0.4, -0.2) is 57.3 Å². The molecule has 3 aliphatic rings. The van der Waals surface area contributed by atoms with Crippen molar-refractivity contribution < 1.29 is 5.11 Å². The van der Waals surface area contributed by atoms with Gasteiger partial charge in [0, 0.05) is 37.9 Å². The van der Waals surface area contributed by atoms with E-state index in [-0.39, 0.29) is 0 Å². The second-order valence-corrected chi connectivity index (χ2v) is 7.64. The predicted molar refractivity (Wildman–Crippen MR) is 90.4 cm³/mol. The summed E-state index contributed by atoms with van der Waals surface area (Å²) in [7, 11) is 0. The molecular formula is C18H28N4O. The first kappa shape index (κ1) is 15.3. The van der Waals surface area contributed by atoms with E-state index in [2.05, 4.69) is 19.8 Å². The van der Waals surface area contributed by atoms with Gasteiger partial charge in [0.05, 0.1) is 5.60 Å². The molecule has 0 radical (unpaired) electrons. The van der Waals surface area contributed by atoms with Crippen molar-refractivity contribution in [3.8, 4) is 0 Å². The molecule has 1 N–H and O–H groups in total. The van der Waals surface area contributed by atoms with Crippen LogP contribution in [-0.2, 0) is 0 Å². The SMILES string of the molecule is OC1(CN2CCC(N(c3ccncn3)C3CC3)CC2)CCCC1. The number of piperidine rings is 1. The second kappa shape index (κ2) is 6.36. The number of β-amino-alcohol motifs (C(OH)–C–C–N with tert-alkyl or cyclic N) is 1. The van der Waals surface area contributed by atoms with Crippen LogP contribution >= 0.6 is 0 Å². The van der Waals surface area contributed by atoms with E-state index in [4.69, 9.17) is 0 Å². The van der Waals surface area contributed by atoms with Crippen molar-refractivity contribution >= 4 is 5.82 Å². The Bertz CT molecular complexity index is 505. The van der Waals surface area contributed by atoms with E-state index in [1.54, 1.807) is 6.33 Å². The number of aliphatic hydroxyl groups is 1. The fourth-order valence-electron chi connectivity index (χ4n) is 4.42. The highest BCUT2D eigenvalue weighted by Gasteiger charge is 2.38. The second-order valence-electron chi connectivity index (χ2n) is 7.64. The standard InChI is InChI=1S/C18H28N4O/c23-18(8-1-2-9-18)13-21-11-6-16(7-12-21)22(15-3-4-15)17-5-10-19-14-20-17/h5,10,14-16,23H,1-4,6-9,11-13H2. The van der Waals surface area contributed by atoms with E-state index < -0.39 is 5.60 Å². The topological polar surface area (TPSA) is 52.5 Å². The van der Waals surface area contributed by atoms with E-state index in [0.29, 0.717) is 12.1 Å². The van der Waals surface area contributed by atoms with Crippen molar-refractivity contribution in [2.45, 2.75) is 69.1 Å². The molecule has 0 spiro atoms. The average molecular weight is 316 g/mol. The van der Waals surface area contributed by atoms with Gasteiger partial charge in [-0.05, 0) is 44.6 Å². The van der Waals surface area contributed by atoms with Gasteiger partial charge in [-0.2, -0.15) is 0 Å². The molecule has 1 aromatic heterocycles. The number of nitrogens with zero attached hydrogens (tertiary/aromatic N) is 4. The minimum atomic E-state index is -0.407. The molecule has 2 saturated carbocycles. The van der Waals surface area contributed by atoms with E-state index in [1.807, 2.05) is 12.3 Å². The van der Waals surface area contributed by atoms with Crippen LogP contribution in [0.4, 0.5) is 5.82 Å². The monoisotopic (exact) mass is 316 g/mol. The quantitative estimate of drug-likeness (QED) is 0.902. The van der Waals surface area contributed by atoms with Gasteiger partial charge in [0.2, 0.25) is 0 Å². The van der Waals surface area contributed by atoms with Gasteiger partial charge in [0.1, 0.15) is 12.1 Å². The first-order valence-corrected chi connectivity index (χ1v) is 9.23. The molecule has 0 unspecified atom stereocenters. The average Bonchev–Trinajstić information content (AvgIpc) is 3.31. The molecule has 1 saturated heterocycles. The third kappa shape index (κ3) is 3.50.